The number of carbonyl (C=O) groups is 2. The van der Waals surface area contributed by atoms with Gasteiger partial charge in [0.15, 0.2) is 10.9 Å². The molecule has 0 radical (unpaired) electrons. The number of nitrogens with one attached hydrogen (secondary N) is 1. The number of imidazole rings is 1. The summed E-state index contributed by atoms with van der Waals surface area (Å²) in [6.07, 6.45) is 1.85. The van der Waals surface area contributed by atoms with E-state index in [1.807, 2.05) is 30.5 Å². The second-order valence-corrected chi connectivity index (χ2v) is 8.01. The van der Waals surface area contributed by atoms with Crippen LogP contribution in [-0.4, -0.2) is 27.0 Å². The van der Waals surface area contributed by atoms with E-state index in [4.69, 9.17) is 0 Å². The molecule has 0 bridgehead atoms. The zero-order valence-corrected chi connectivity index (χ0v) is 18.0. The van der Waals surface area contributed by atoms with Gasteiger partial charge >= 0.3 is 0 Å². The fourth-order valence-corrected chi connectivity index (χ4v) is 3.99. The molecule has 0 fully saturated rings. The van der Waals surface area contributed by atoms with Crippen molar-refractivity contribution < 1.29 is 9.59 Å². The zero-order chi connectivity index (χ0) is 20.1. The molecule has 2 aromatic carbocycles. The van der Waals surface area contributed by atoms with E-state index in [2.05, 4.69) is 37.7 Å². The van der Waals surface area contributed by atoms with Crippen LogP contribution in [0.5, 0.6) is 0 Å². The fraction of sp³-hybridized carbons (Fsp3) is 0.190. The first-order chi connectivity index (χ1) is 13.5. The van der Waals surface area contributed by atoms with Crippen molar-refractivity contribution in [1.82, 2.24) is 9.55 Å². The number of hydrogen-bond donors (Lipinski definition) is 1. The van der Waals surface area contributed by atoms with Crippen LogP contribution >= 0.6 is 27.7 Å². The molecule has 28 heavy (non-hydrogen) atoms. The van der Waals surface area contributed by atoms with Crippen LogP contribution in [0.25, 0.3) is 11.3 Å². The van der Waals surface area contributed by atoms with Crippen molar-refractivity contribution in [2.24, 2.45) is 0 Å². The van der Waals surface area contributed by atoms with Crippen LogP contribution in [0.3, 0.4) is 0 Å². The quantitative estimate of drug-likeness (QED) is 0.387. The van der Waals surface area contributed by atoms with Gasteiger partial charge in [-0.15, -0.1) is 0 Å². The molecule has 0 atom stereocenters. The summed E-state index contributed by atoms with van der Waals surface area (Å²) in [6, 6.07) is 15.0. The van der Waals surface area contributed by atoms with Gasteiger partial charge in [-0.1, -0.05) is 39.8 Å². The summed E-state index contributed by atoms with van der Waals surface area (Å²) in [5.41, 5.74) is 3.41. The van der Waals surface area contributed by atoms with Gasteiger partial charge in [0.2, 0.25) is 5.91 Å². The van der Waals surface area contributed by atoms with Crippen LogP contribution in [0.1, 0.15) is 24.2 Å². The molecule has 1 heterocycles. The molecule has 1 amide bonds. The van der Waals surface area contributed by atoms with Gasteiger partial charge in [-0.25, -0.2) is 4.98 Å². The van der Waals surface area contributed by atoms with Gasteiger partial charge in [0, 0.05) is 29.2 Å². The molecule has 5 nitrogen and oxygen atoms in total. The molecule has 7 heteroatoms. The minimum atomic E-state index is -0.136. The Hall–Kier alpha value is -2.38. The van der Waals surface area contributed by atoms with E-state index in [0.717, 1.165) is 27.4 Å². The van der Waals surface area contributed by atoms with Gasteiger partial charge in [-0.3, -0.25) is 9.59 Å². The number of ketones is 1. The summed E-state index contributed by atoms with van der Waals surface area (Å²) in [5.74, 6) is 0.189. The van der Waals surface area contributed by atoms with Crippen molar-refractivity contribution >= 4 is 45.1 Å². The van der Waals surface area contributed by atoms with Gasteiger partial charge in [0.05, 0.1) is 17.6 Å². The average Bonchev–Trinajstić information content (AvgIpc) is 3.09. The third-order valence-electron chi connectivity index (χ3n) is 4.13. The molecular weight excluding hydrogens is 438 g/mol. The molecule has 3 rings (SSSR count). The Morgan fingerprint density at radius 1 is 1.11 bits per heavy atom. The highest BCUT2D eigenvalue weighted by Gasteiger charge is 2.14. The molecule has 1 N–H and O–H groups in total. The summed E-state index contributed by atoms with van der Waals surface area (Å²) in [4.78, 5) is 28.1. The van der Waals surface area contributed by atoms with Crippen LogP contribution in [0, 0.1) is 0 Å². The van der Waals surface area contributed by atoms with E-state index in [-0.39, 0.29) is 11.7 Å². The summed E-state index contributed by atoms with van der Waals surface area (Å²) < 4.78 is 3.14. The predicted octanol–water partition coefficient (Wildman–Crippen LogP) is 5.27. The number of hydrogen-bond acceptors (Lipinski definition) is 4. The highest BCUT2D eigenvalue weighted by atomic mass is 79.9. The van der Waals surface area contributed by atoms with E-state index >= 15 is 0 Å². The molecule has 0 aliphatic carbocycles. The third kappa shape index (κ3) is 4.91. The fourth-order valence-electron chi connectivity index (χ4n) is 2.79. The normalized spacial score (nSPS) is 10.7. The van der Waals surface area contributed by atoms with Crippen LogP contribution in [0.2, 0.25) is 0 Å². The standard InChI is InChI=1S/C21H20BrN3O2S/c1-3-25-19(15-4-8-17(22)9-5-15)12-23-21(25)28-13-20(27)16-6-10-18(11-7-16)24-14(2)26/h4-12H,3,13H2,1-2H3,(H,24,26). The van der Waals surface area contributed by atoms with E-state index in [1.54, 1.807) is 24.3 Å². The van der Waals surface area contributed by atoms with Crippen LogP contribution in [0.15, 0.2) is 64.4 Å². The van der Waals surface area contributed by atoms with E-state index in [1.165, 1.54) is 18.7 Å². The first-order valence-corrected chi connectivity index (χ1v) is 10.6. The van der Waals surface area contributed by atoms with E-state index in [0.29, 0.717) is 17.0 Å². The maximum atomic E-state index is 12.5. The van der Waals surface area contributed by atoms with Crippen molar-refractivity contribution in [3.05, 3.63) is 64.8 Å². The van der Waals surface area contributed by atoms with E-state index < -0.39 is 0 Å². The lowest BCUT2D eigenvalue weighted by molar-refractivity contribution is -0.114. The van der Waals surface area contributed by atoms with Crippen molar-refractivity contribution in [3.63, 3.8) is 0 Å². The number of carbonyl (C=O) groups excluding carboxylic acids is 2. The smallest absolute Gasteiger partial charge is 0.221 e. The average molecular weight is 458 g/mol. The topological polar surface area (TPSA) is 64.0 Å². The van der Waals surface area contributed by atoms with Crippen LogP contribution in [-0.2, 0) is 11.3 Å². The van der Waals surface area contributed by atoms with Crippen molar-refractivity contribution in [2.75, 3.05) is 11.1 Å². The number of rotatable bonds is 7. The number of anilines is 1. The lowest BCUT2D eigenvalue weighted by Crippen LogP contribution is -2.07. The molecular formula is C21H20BrN3O2S. The van der Waals surface area contributed by atoms with Crippen molar-refractivity contribution in [1.29, 1.82) is 0 Å². The number of aromatic nitrogens is 2. The summed E-state index contributed by atoms with van der Waals surface area (Å²) in [5, 5.41) is 3.52. The van der Waals surface area contributed by atoms with E-state index in [9.17, 15) is 9.59 Å². The number of Topliss-reactive ketones (excluding diaryl/α,β-unsaturated/α-hetero) is 1. The SMILES string of the molecule is CCn1c(-c2ccc(Br)cc2)cnc1SCC(=O)c1ccc(NC(C)=O)cc1. The number of halogens is 1. The van der Waals surface area contributed by atoms with Gasteiger partial charge in [-0.05, 0) is 48.9 Å². The van der Waals surface area contributed by atoms with Crippen LogP contribution < -0.4 is 5.32 Å². The molecule has 0 aliphatic heterocycles. The molecule has 1 aromatic heterocycles. The monoisotopic (exact) mass is 457 g/mol. The summed E-state index contributed by atoms with van der Waals surface area (Å²) >= 11 is 4.88. The molecule has 3 aromatic rings. The third-order valence-corrected chi connectivity index (χ3v) is 5.65. The maximum absolute atomic E-state index is 12.5. The molecule has 0 saturated heterocycles. The molecule has 0 unspecified atom stereocenters. The Morgan fingerprint density at radius 3 is 2.39 bits per heavy atom. The van der Waals surface area contributed by atoms with Crippen LogP contribution in [0.4, 0.5) is 5.69 Å². The van der Waals surface area contributed by atoms with Gasteiger partial charge < -0.3 is 9.88 Å². The number of thioether (sulfide) groups is 1. The summed E-state index contributed by atoms with van der Waals surface area (Å²) in [6.45, 7) is 4.29. The first-order valence-electron chi connectivity index (χ1n) is 8.83. The minimum Gasteiger partial charge on any atom is -0.326 e. The lowest BCUT2D eigenvalue weighted by atomic mass is 10.1. The lowest BCUT2D eigenvalue weighted by Gasteiger charge is -2.09. The second kappa shape index (κ2) is 9.21. The predicted molar refractivity (Wildman–Crippen MR) is 117 cm³/mol. The van der Waals surface area contributed by atoms with Crippen molar-refractivity contribution in [3.8, 4) is 11.3 Å². The largest absolute Gasteiger partial charge is 0.326 e. The number of nitrogens with zero attached hydrogens (tertiary/aromatic N) is 2. The Kier molecular flexibility index (Phi) is 6.70. The van der Waals surface area contributed by atoms with Gasteiger partial charge in [-0.2, -0.15) is 0 Å². The zero-order valence-electron chi connectivity index (χ0n) is 15.6. The highest BCUT2D eigenvalue weighted by molar-refractivity contribution is 9.10. The first kappa shape index (κ1) is 20.4. The molecule has 144 valence electrons. The van der Waals surface area contributed by atoms with Gasteiger partial charge in [0.25, 0.3) is 0 Å². The Bertz CT molecular complexity index is 982. The molecule has 0 spiro atoms. The summed E-state index contributed by atoms with van der Waals surface area (Å²) in [7, 11) is 0. The van der Waals surface area contributed by atoms with Gasteiger partial charge in [0.1, 0.15) is 0 Å². The minimum absolute atomic E-state index is 0.0234. The Labute approximate surface area is 176 Å². The second-order valence-electron chi connectivity index (χ2n) is 6.15. The maximum Gasteiger partial charge on any atom is 0.221 e. The van der Waals surface area contributed by atoms with Crippen molar-refractivity contribution in [2.45, 2.75) is 25.5 Å². The number of amides is 1. The number of benzene rings is 2. The molecule has 0 aliphatic rings. The Morgan fingerprint density at radius 2 is 1.79 bits per heavy atom. The Balaban J connectivity index is 1.69. The molecule has 0 saturated carbocycles. The highest BCUT2D eigenvalue weighted by Crippen LogP contribution is 2.27.